The van der Waals surface area contributed by atoms with Gasteiger partial charge >= 0.3 is 5.97 Å². The molecular weight excluding hydrogens is 258 g/mol. The van der Waals surface area contributed by atoms with Crippen LogP contribution in [0.1, 0.15) is 18.7 Å². The number of benzene rings is 1. The fourth-order valence-corrected chi connectivity index (χ4v) is 2.66. The highest BCUT2D eigenvalue weighted by atomic mass is 16.5. The molecule has 0 radical (unpaired) electrons. The number of para-hydroxylation sites is 1. The Balaban J connectivity index is 1.89. The predicted octanol–water partition coefficient (Wildman–Crippen LogP) is 2.28. The lowest BCUT2D eigenvalue weighted by molar-refractivity contribution is -0.151. The van der Waals surface area contributed by atoms with Crippen molar-refractivity contribution < 1.29 is 19.1 Å². The Morgan fingerprint density at radius 2 is 2.25 bits per heavy atom. The number of hydrogen-bond acceptors (Lipinski definition) is 4. The van der Waals surface area contributed by atoms with Crippen LogP contribution in [0.5, 0.6) is 0 Å². The Bertz CT molecular complexity index is 588. The van der Waals surface area contributed by atoms with Crippen LogP contribution >= 0.6 is 0 Å². The second-order valence-electron chi connectivity index (χ2n) is 5.03. The van der Waals surface area contributed by atoms with Gasteiger partial charge in [-0.3, -0.25) is 9.69 Å². The molecule has 2 unspecified atom stereocenters. The van der Waals surface area contributed by atoms with E-state index >= 15 is 0 Å². The first-order chi connectivity index (χ1) is 9.66. The maximum Gasteiger partial charge on any atom is 0.323 e. The number of carboxylic acid groups (broad SMARTS) is 1. The number of hydrogen-bond donors (Lipinski definition) is 1. The highest BCUT2D eigenvalue weighted by Crippen LogP contribution is 2.29. The summed E-state index contributed by atoms with van der Waals surface area (Å²) in [5.41, 5.74) is 0.828. The molecule has 2 aromatic rings. The minimum absolute atomic E-state index is 0.0904. The molecule has 106 valence electrons. The number of fused-ring (bicyclic) bond motifs is 1. The summed E-state index contributed by atoms with van der Waals surface area (Å²) in [6.45, 7) is 3.34. The van der Waals surface area contributed by atoms with Crippen molar-refractivity contribution >= 4 is 16.9 Å². The smallest absolute Gasteiger partial charge is 0.323 e. The lowest BCUT2D eigenvalue weighted by Crippen LogP contribution is -2.50. The zero-order valence-corrected chi connectivity index (χ0v) is 11.3. The van der Waals surface area contributed by atoms with Crippen molar-refractivity contribution in [2.75, 3.05) is 19.8 Å². The lowest BCUT2D eigenvalue weighted by atomic mass is 10.1. The molecule has 3 rings (SSSR count). The van der Waals surface area contributed by atoms with E-state index in [-0.39, 0.29) is 12.6 Å². The van der Waals surface area contributed by atoms with Crippen LogP contribution in [-0.2, 0) is 9.53 Å². The molecule has 5 heteroatoms. The molecule has 1 aromatic heterocycles. The normalized spacial score (nSPS) is 21.9. The van der Waals surface area contributed by atoms with Crippen LogP contribution in [0.15, 0.2) is 34.7 Å². The van der Waals surface area contributed by atoms with Gasteiger partial charge in [0, 0.05) is 11.9 Å². The van der Waals surface area contributed by atoms with Crippen LogP contribution in [0.3, 0.4) is 0 Å². The van der Waals surface area contributed by atoms with Crippen molar-refractivity contribution in [3.8, 4) is 0 Å². The van der Waals surface area contributed by atoms with E-state index in [9.17, 15) is 9.90 Å². The van der Waals surface area contributed by atoms with E-state index in [0.29, 0.717) is 13.2 Å². The summed E-state index contributed by atoms with van der Waals surface area (Å²) in [5, 5.41) is 10.3. The topological polar surface area (TPSA) is 62.9 Å². The van der Waals surface area contributed by atoms with Gasteiger partial charge in [-0.05, 0) is 19.1 Å². The van der Waals surface area contributed by atoms with Crippen molar-refractivity contribution in [3.63, 3.8) is 0 Å². The van der Waals surface area contributed by atoms with Gasteiger partial charge in [0.15, 0.2) is 0 Å². The molecule has 0 spiro atoms. The van der Waals surface area contributed by atoms with Gasteiger partial charge in [0.2, 0.25) is 0 Å². The van der Waals surface area contributed by atoms with Crippen LogP contribution in [0.25, 0.3) is 11.0 Å². The fraction of sp³-hybridized carbons (Fsp3) is 0.400. The molecule has 20 heavy (non-hydrogen) atoms. The van der Waals surface area contributed by atoms with Crippen LogP contribution < -0.4 is 0 Å². The second kappa shape index (κ2) is 5.26. The van der Waals surface area contributed by atoms with Gasteiger partial charge in [0.05, 0.1) is 19.3 Å². The van der Waals surface area contributed by atoms with Crippen LogP contribution in [0, 0.1) is 0 Å². The molecule has 1 aliphatic rings. The van der Waals surface area contributed by atoms with Crippen molar-refractivity contribution in [1.29, 1.82) is 0 Å². The molecule has 1 fully saturated rings. The maximum atomic E-state index is 11.3. The summed E-state index contributed by atoms with van der Waals surface area (Å²) in [7, 11) is 0. The third-order valence-corrected chi connectivity index (χ3v) is 3.81. The van der Waals surface area contributed by atoms with E-state index in [4.69, 9.17) is 9.15 Å². The summed E-state index contributed by atoms with van der Waals surface area (Å²) in [5.74, 6) is -0.0630. The number of carbonyl (C=O) groups is 1. The summed E-state index contributed by atoms with van der Waals surface area (Å²) in [6, 6.07) is 9.06. The Hall–Kier alpha value is -1.85. The first-order valence-corrected chi connectivity index (χ1v) is 6.71. The van der Waals surface area contributed by atoms with E-state index < -0.39 is 12.0 Å². The van der Waals surface area contributed by atoms with Gasteiger partial charge in [-0.1, -0.05) is 18.2 Å². The molecule has 0 bridgehead atoms. The molecule has 1 aromatic carbocycles. The number of morpholine rings is 1. The molecule has 0 amide bonds. The average Bonchev–Trinajstić information content (AvgIpc) is 2.90. The van der Waals surface area contributed by atoms with Crippen LogP contribution in [0.2, 0.25) is 0 Å². The number of carboxylic acids is 1. The van der Waals surface area contributed by atoms with E-state index in [1.165, 1.54) is 0 Å². The third kappa shape index (κ3) is 2.30. The minimum atomic E-state index is -0.854. The first-order valence-electron chi connectivity index (χ1n) is 6.71. The SMILES string of the molecule is CC(c1cc2ccccc2o1)N1CCOCC1C(=O)O. The van der Waals surface area contributed by atoms with Crippen molar-refractivity contribution in [3.05, 3.63) is 36.1 Å². The number of ether oxygens (including phenoxy) is 1. The minimum Gasteiger partial charge on any atom is -0.480 e. The van der Waals surface area contributed by atoms with E-state index in [1.807, 2.05) is 42.2 Å². The van der Waals surface area contributed by atoms with Crippen molar-refractivity contribution in [1.82, 2.24) is 4.90 Å². The van der Waals surface area contributed by atoms with E-state index in [1.54, 1.807) is 0 Å². The number of furan rings is 1. The molecule has 0 aliphatic carbocycles. The number of rotatable bonds is 3. The fourth-order valence-electron chi connectivity index (χ4n) is 2.66. The zero-order chi connectivity index (χ0) is 14.1. The van der Waals surface area contributed by atoms with Gasteiger partial charge in [0.25, 0.3) is 0 Å². The number of aliphatic carboxylic acids is 1. The van der Waals surface area contributed by atoms with Gasteiger partial charge in [0.1, 0.15) is 17.4 Å². The molecule has 0 saturated carbocycles. The maximum absolute atomic E-state index is 11.3. The number of nitrogens with zero attached hydrogens (tertiary/aromatic N) is 1. The van der Waals surface area contributed by atoms with Gasteiger partial charge in [-0.2, -0.15) is 0 Å². The van der Waals surface area contributed by atoms with Crippen molar-refractivity contribution in [2.45, 2.75) is 19.0 Å². The van der Waals surface area contributed by atoms with Crippen LogP contribution in [0.4, 0.5) is 0 Å². The highest BCUT2D eigenvalue weighted by Gasteiger charge is 2.34. The molecule has 1 saturated heterocycles. The lowest BCUT2D eigenvalue weighted by Gasteiger charge is -2.36. The summed E-state index contributed by atoms with van der Waals surface area (Å²) >= 11 is 0. The summed E-state index contributed by atoms with van der Waals surface area (Å²) < 4.78 is 11.1. The molecular formula is C15H17NO4. The quantitative estimate of drug-likeness (QED) is 0.931. The van der Waals surface area contributed by atoms with E-state index in [0.717, 1.165) is 16.7 Å². The monoisotopic (exact) mass is 275 g/mol. The largest absolute Gasteiger partial charge is 0.480 e. The Kier molecular flexibility index (Phi) is 3.46. The summed E-state index contributed by atoms with van der Waals surface area (Å²) in [6.07, 6.45) is 0. The predicted molar refractivity (Wildman–Crippen MR) is 73.6 cm³/mol. The Morgan fingerprint density at radius 3 is 3.00 bits per heavy atom. The van der Waals surface area contributed by atoms with Crippen molar-refractivity contribution in [2.24, 2.45) is 0 Å². The third-order valence-electron chi connectivity index (χ3n) is 3.81. The molecule has 1 N–H and O–H groups in total. The van der Waals surface area contributed by atoms with Gasteiger partial charge < -0.3 is 14.3 Å². The highest BCUT2D eigenvalue weighted by molar-refractivity contribution is 5.78. The van der Waals surface area contributed by atoms with E-state index in [2.05, 4.69) is 0 Å². The standard InChI is InChI=1S/C15H17NO4/c1-10(16-6-7-19-9-12(16)15(17)18)14-8-11-4-2-3-5-13(11)20-14/h2-5,8,10,12H,6-7,9H2,1H3,(H,17,18). The molecule has 1 aliphatic heterocycles. The Labute approximate surface area is 116 Å². The zero-order valence-electron chi connectivity index (χ0n) is 11.3. The Morgan fingerprint density at radius 1 is 1.45 bits per heavy atom. The molecule has 2 atom stereocenters. The second-order valence-corrected chi connectivity index (χ2v) is 5.03. The summed E-state index contributed by atoms with van der Waals surface area (Å²) in [4.78, 5) is 13.2. The molecule has 2 heterocycles. The van der Waals surface area contributed by atoms with Crippen LogP contribution in [-0.4, -0.2) is 41.8 Å². The molecule has 5 nitrogen and oxygen atoms in total. The average molecular weight is 275 g/mol. The first kappa shape index (κ1) is 13.1. The van der Waals surface area contributed by atoms with Gasteiger partial charge in [-0.15, -0.1) is 0 Å². The van der Waals surface area contributed by atoms with Gasteiger partial charge in [-0.25, -0.2) is 0 Å².